The molecule has 1 fully saturated rings. The van der Waals surface area contributed by atoms with E-state index in [2.05, 4.69) is 26.1 Å². The van der Waals surface area contributed by atoms with Crippen molar-refractivity contribution in [3.8, 4) is 17.2 Å². The molecule has 0 saturated carbocycles. The minimum Gasteiger partial charge on any atom is -0.491 e. The smallest absolute Gasteiger partial charge is 0.325 e. The molecule has 2 aromatic carbocycles. The van der Waals surface area contributed by atoms with Crippen LogP contribution in [-0.4, -0.2) is 48.0 Å². The molecule has 0 aliphatic carbocycles. The number of aliphatic hydroxyl groups is 1. The van der Waals surface area contributed by atoms with Gasteiger partial charge in [-0.2, -0.15) is 0 Å². The topological polar surface area (TPSA) is 97.3 Å². The average Bonchev–Trinajstić information content (AvgIpc) is 3.30. The summed E-state index contributed by atoms with van der Waals surface area (Å²) >= 11 is 0. The number of nitrogens with zero attached hydrogens (tertiary/aromatic N) is 1. The van der Waals surface area contributed by atoms with Crippen LogP contribution in [0.15, 0.2) is 42.5 Å². The number of aliphatic hydroxyl groups excluding tert-OH is 1. The molecule has 2 N–H and O–H groups in total. The standard InChI is InChI=1S/C24H28N2O6/c1-23(2,3)17-7-5-6-8-18(17)30-13-16(27)12-26-21(28)24(4,25-22(26)29)15-9-10-19-20(11-15)32-14-31-19/h5-11,16,27H,12-14H2,1-4H3,(H,25,29)/t16-,24+/m1/s1. The van der Waals surface area contributed by atoms with Gasteiger partial charge in [0.2, 0.25) is 6.79 Å². The van der Waals surface area contributed by atoms with Crippen molar-refractivity contribution in [2.45, 2.75) is 44.8 Å². The maximum Gasteiger partial charge on any atom is 0.325 e. The van der Waals surface area contributed by atoms with Crippen molar-refractivity contribution in [1.82, 2.24) is 10.2 Å². The third kappa shape index (κ3) is 3.98. The lowest BCUT2D eigenvalue weighted by molar-refractivity contribution is -0.132. The van der Waals surface area contributed by atoms with E-state index in [1.807, 2.05) is 24.3 Å². The Morgan fingerprint density at radius 3 is 2.62 bits per heavy atom. The molecule has 8 heteroatoms. The number of hydrogen-bond acceptors (Lipinski definition) is 6. The van der Waals surface area contributed by atoms with Crippen molar-refractivity contribution in [2.24, 2.45) is 0 Å². The zero-order valence-electron chi connectivity index (χ0n) is 18.7. The summed E-state index contributed by atoms with van der Waals surface area (Å²) in [6.07, 6.45) is -1.04. The number of ether oxygens (including phenoxy) is 3. The van der Waals surface area contributed by atoms with Gasteiger partial charge in [-0.15, -0.1) is 0 Å². The fraction of sp³-hybridized carbons (Fsp3) is 0.417. The van der Waals surface area contributed by atoms with Gasteiger partial charge in [0, 0.05) is 0 Å². The van der Waals surface area contributed by atoms with E-state index >= 15 is 0 Å². The van der Waals surface area contributed by atoms with Crippen LogP contribution in [0.4, 0.5) is 4.79 Å². The lowest BCUT2D eigenvalue weighted by Crippen LogP contribution is -2.42. The van der Waals surface area contributed by atoms with E-state index in [0.717, 1.165) is 10.5 Å². The van der Waals surface area contributed by atoms with Gasteiger partial charge in [-0.05, 0) is 41.7 Å². The molecule has 3 amide bonds. The average molecular weight is 440 g/mol. The van der Waals surface area contributed by atoms with Crippen LogP contribution in [0.2, 0.25) is 0 Å². The number of fused-ring (bicyclic) bond motifs is 1. The first-order valence-electron chi connectivity index (χ1n) is 10.5. The van der Waals surface area contributed by atoms with E-state index in [-0.39, 0.29) is 25.4 Å². The summed E-state index contributed by atoms with van der Waals surface area (Å²) in [6.45, 7) is 7.76. The maximum atomic E-state index is 13.2. The van der Waals surface area contributed by atoms with Gasteiger partial charge >= 0.3 is 6.03 Å². The zero-order valence-corrected chi connectivity index (χ0v) is 18.7. The number of imide groups is 1. The predicted molar refractivity (Wildman–Crippen MR) is 117 cm³/mol. The van der Waals surface area contributed by atoms with E-state index in [0.29, 0.717) is 22.8 Å². The first-order valence-corrected chi connectivity index (χ1v) is 10.5. The molecule has 4 rings (SSSR count). The monoisotopic (exact) mass is 440 g/mol. The zero-order chi connectivity index (χ0) is 23.1. The van der Waals surface area contributed by atoms with Crippen LogP contribution in [0.1, 0.15) is 38.8 Å². The Hall–Kier alpha value is -3.26. The highest BCUT2D eigenvalue weighted by atomic mass is 16.7. The molecular weight excluding hydrogens is 412 g/mol. The van der Waals surface area contributed by atoms with Gasteiger partial charge in [-0.1, -0.05) is 45.0 Å². The number of hydrogen-bond donors (Lipinski definition) is 2. The van der Waals surface area contributed by atoms with Crippen LogP contribution >= 0.6 is 0 Å². The molecular formula is C24H28N2O6. The summed E-state index contributed by atoms with van der Waals surface area (Å²) in [5.41, 5.74) is 0.195. The Morgan fingerprint density at radius 1 is 1.16 bits per heavy atom. The summed E-state index contributed by atoms with van der Waals surface area (Å²) in [5.74, 6) is 1.33. The fourth-order valence-electron chi connectivity index (χ4n) is 3.93. The van der Waals surface area contributed by atoms with Crippen molar-refractivity contribution < 1.29 is 28.9 Å². The molecule has 2 aliphatic rings. The molecule has 8 nitrogen and oxygen atoms in total. The molecule has 170 valence electrons. The number of benzene rings is 2. The Morgan fingerprint density at radius 2 is 1.88 bits per heavy atom. The fourth-order valence-corrected chi connectivity index (χ4v) is 3.93. The van der Waals surface area contributed by atoms with Gasteiger partial charge < -0.3 is 24.6 Å². The van der Waals surface area contributed by atoms with E-state index in [9.17, 15) is 14.7 Å². The maximum absolute atomic E-state index is 13.2. The van der Waals surface area contributed by atoms with Gasteiger partial charge in [0.1, 0.15) is 24.0 Å². The molecule has 2 heterocycles. The number of para-hydroxylation sites is 1. The minimum absolute atomic E-state index is 0.0507. The SMILES string of the molecule is CC(C)(C)c1ccccc1OC[C@H](O)CN1C(=O)N[C@@](C)(c2ccc3c(c2)OCO3)C1=O. The number of nitrogens with one attached hydrogen (secondary N) is 1. The Balaban J connectivity index is 1.44. The van der Waals surface area contributed by atoms with Crippen molar-refractivity contribution in [1.29, 1.82) is 0 Å². The summed E-state index contributed by atoms with van der Waals surface area (Å²) in [7, 11) is 0. The van der Waals surface area contributed by atoms with Crippen LogP contribution in [0.5, 0.6) is 17.2 Å². The second kappa shape index (κ2) is 8.02. The van der Waals surface area contributed by atoms with E-state index in [4.69, 9.17) is 14.2 Å². The first-order chi connectivity index (χ1) is 15.1. The van der Waals surface area contributed by atoms with Crippen molar-refractivity contribution >= 4 is 11.9 Å². The molecule has 2 aliphatic heterocycles. The molecule has 1 saturated heterocycles. The second-order valence-electron chi connectivity index (χ2n) is 9.25. The highest BCUT2D eigenvalue weighted by Gasteiger charge is 2.49. The van der Waals surface area contributed by atoms with E-state index in [1.54, 1.807) is 25.1 Å². The van der Waals surface area contributed by atoms with Crippen LogP contribution in [0, 0.1) is 0 Å². The van der Waals surface area contributed by atoms with E-state index < -0.39 is 23.6 Å². The van der Waals surface area contributed by atoms with E-state index in [1.165, 1.54) is 0 Å². The minimum atomic E-state index is -1.27. The highest BCUT2D eigenvalue weighted by Crippen LogP contribution is 2.38. The third-order valence-corrected chi connectivity index (χ3v) is 5.74. The van der Waals surface area contributed by atoms with Crippen LogP contribution in [-0.2, 0) is 15.7 Å². The largest absolute Gasteiger partial charge is 0.491 e. The Labute approximate surface area is 187 Å². The van der Waals surface area contributed by atoms with Gasteiger partial charge in [-0.3, -0.25) is 9.69 Å². The van der Waals surface area contributed by atoms with Gasteiger partial charge in [0.25, 0.3) is 5.91 Å². The molecule has 0 aromatic heterocycles. The quantitative estimate of drug-likeness (QED) is 0.671. The van der Waals surface area contributed by atoms with Crippen LogP contribution in [0.25, 0.3) is 0 Å². The Bertz CT molecular complexity index is 1050. The van der Waals surface area contributed by atoms with Crippen molar-refractivity contribution in [3.05, 3.63) is 53.6 Å². The van der Waals surface area contributed by atoms with Gasteiger partial charge in [0.05, 0.1) is 6.54 Å². The number of rotatable bonds is 6. The van der Waals surface area contributed by atoms with Crippen molar-refractivity contribution in [3.63, 3.8) is 0 Å². The first kappa shape index (κ1) is 22.0. The highest BCUT2D eigenvalue weighted by molar-refractivity contribution is 6.07. The number of urea groups is 1. The molecule has 0 bridgehead atoms. The predicted octanol–water partition coefficient (Wildman–Crippen LogP) is 2.92. The van der Waals surface area contributed by atoms with Gasteiger partial charge in [-0.25, -0.2) is 4.79 Å². The molecule has 32 heavy (non-hydrogen) atoms. The summed E-state index contributed by atoms with van der Waals surface area (Å²) in [5, 5.41) is 13.3. The second-order valence-corrected chi connectivity index (χ2v) is 9.25. The van der Waals surface area contributed by atoms with Crippen LogP contribution in [0.3, 0.4) is 0 Å². The number of carbonyl (C=O) groups is 2. The van der Waals surface area contributed by atoms with Crippen molar-refractivity contribution in [2.75, 3.05) is 19.9 Å². The molecule has 0 unspecified atom stereocenters. The number of carbonyl (C=O) groups excluding carboxylic acids is 2. The summed E-state index contributed by atoms with van der Waals surface area (Å²) < 4.78 is 16.5. The summed E-state index contributed by atoms with van der Waals surface area (Å²) in [4.78, 5) is 26.8. The molecule has 0 radical (unpaired) electrons. The lowest BCUT2D eigenvalue weighted by Gasteiger charge is -2.25. The van der Waals surface area contributed by atoms with Gasteiger partial charge in [0.15, 0.2) is 11.5 Å². The third-order valence-electron chi connectivity index (χ3n) is 5.74. The number of amides is 3. The van der Waals surface area contributed by atoms with Crippen LogP contribution < -0.4 is 19.5 Å². The molecule has 0 spiro atoms. The number of β-amino-alcohol motifs (C(OH)–C–C–N with tert-alkyl or cyclic N) is 1. The normalized spacial score (nSPS) is 21.0. The molecule has 2 atom stereocenters. The lowest BCUT2D eigenvalue weighted by atomic mass is 9.86. The molecule has 2 aromatic rings. The Kier molecular flexibility index (Phi) is 5.50. The summed E-state index contributed by atoms with van der Waals surface area (Å²) in [6, 6.07) is 12.2.